The Morgan fingerprint density at radius 3 is 2.72 bits per heavy atom. The minimum atomic E-state index is 0.411. The van der Waals surface area contributed by atoms with E-state index in [1.807, 2.05) is 0 Å². The quantitative estimate of drug-likeness (QED) is 0.736. The summed E-state index contributed by atoms with van der Waals surface area (Å²) in [6.45, 7) is 0. The van der Waals surface area contributed by atoms with Crippen LogP contribution in [-0.4, -0.2) is 9.97 Å². The van der Waals surface area contributed by atoms with Gasteiger partial charge in [-0.05, 0) is 18.2 Å². The van der Waals surface area contributed by atoms with Crippen molar-refractivity contribution < 1.29 is 4.42 Å². The third-order valence-corrected chi connectivity index (χ3v) is 2.91. The molecule has 6 heteroatoms. The zero-order chi connectivity index (χ0) is 12.7. The van der Waals surface area contributed by atoms with Crippen molar-refractivity contribution in [2.24, 2.45) is 0 Å². The summed E-state index contributed by atoms with van der Waals surface area (Å²) >= 11 is 11.9. The van der Waals surface area contributed by atoms with Crippen molar-refractivity contribution in [1.29, 1.82) is 0 Å². The third-order valence-electron chi connectivity index (χ3n) is 2.42. The summed E-state index contributed by atoms with van der Waals surface area (Å²) in [4.78, 5) is 8.30. The summed E-state index contributed by atoms with van der Waals surface area (Å²) in [6, 6.07) is 5.03. The molecule has 0 aliphatic heterocycles. The van der Waals surface area contributed by atoms with Crippen LogP contribution in [0.2, 0.25) is 10.0 Å². The van der Waals surface area contributed by atoms with Gasteiger partial charge in [-0.15, -0.1) is 0 Å². The predicted molar refractivity (Wildman–Crippen MR) is 71.7 cm³/mol. The van der Waals surface area contributed by atoms with E-state index in [1.165, 1.54) is 0 Å². The van der Waals surface area contributed by atoms with Crippen LogP contribution in [0.1, 0.15) is 0 Å². The van der Waals surface area contributed by atoms with Gasteiger partial charge < -0.3 is 10.2 Å². The second kappa shape index (κ2) is 4.15. The van der Waals surface area contributed by atoms with E-state index in [-0.39, 0.29) is 0 Å². The maximum absolute atomic E-state index is 6.04. The number of fused-ring (bicyclic) bond motifs is 1. The van der Waals surface area contributed by atoms with Crippen LogP contribution in [0.15, 0.2) is 35.0 Å². The standard InChI is InChI=1S/C12H7Cl2N3O/c13-7-2-9(14)11-10(3-7)17-12(18-11)6-1-8(15)5-16-4-6/h1-5H,15H2. The first-order valence-corrected chi connectivity index (χ1v) is 5.85. The maximum Gasteiger partial charge on any atom is 0.229 e. The Balaban J connectivity index is 2.22. The van der Waals surface area contributed by atoms with Crippen molar-refractivity contribution in [2.75, 3.05) is 5.73 Å². The first-order valence-electron chi connectivity index (χ1n) is 5.10. The monoisotopic (exact) mass is 279 g/mol. The van der Waals surface area contributed by atoms with E-state index in [2.05, 4.69) is 9.97 Å². The van der Waals surface area contributed by atoms with Crippen LogP contribution in [0, 0.1) is 0 Å². The molecule has 0 atom stereocenters. The molecule has 3 aromatic rings. The van der Waals surface area contributed by atoms with Gasteiger partial charge in [-0.3, -0.25) is 4.98 Å². The van der Waals surface area contributed by atoms with Gasteiger partial charge in [0.1, 0.15) is 5.52 Å². The molecule has 0 fully saturated rings. The summed E-state index contributed by atoms with van der Waals surface area (Å²) in [5.41, 5.74) is 8.00. The lowest BCUT2D eigenvalue weighted by atomic mass is 10.2. The second-order valence-electron chi connectivity index (χ2n) is 3.76. The van der Waals surface area contributed by atoms with E-state index in [9.17, 15) is 0 Å². The van der Waals surface area contributed by atoms with E-state index in [1.54, 1.807) is 30.6 Å². The summed E-state index contributed by atoms with van der Waals surface area (Å²) < 4.78 is 5.60. The molecule has 3 rings (SSSR count). The molecule has 2 N–H and O–H groups in total. The number of hydrogen-bond acceptors (Lipinski definition) is 4. The highest BCUT2D eigenvalue weighted by molar-refractivity contribution is 6.38. The molecule has 0 unspecified atom stereocenters. The van der Waals surface area contributed by atoms with Crippen molar-refractivity contribution in [3.63, 3.8) is 0 Å². The molecule has 18 heavy (non-hydrogen) atoms. The molecule has 4 nitrogen and oxygen atoms in total. The van der Waals surface area contributed by atoms with E-state index in [0.717, 1.165) is 0 Å². The van der Waals surface area contributed by atoms with Crippen LogP contribution in [0.3, 0.4) is 0 Å². The first kappa shape index (κ1) is 11.3. The highest BCUT2D eigenvalue weighted by atomic mass is 35.5. The van der Waals surface area contributed by atoms with E-state index < -0.39 is 0 Å². The lowest BCUT2D eigenvalue weighted by molar-refractivity contribution is 0.619. The Morgan fingerprint density at radius 1 is 1.11 bits per heavy atom. The molecule has 0 saturated heterocycles. The number of benzene rings is 1. The van der Waals surface area contributed by atoms with Gasteiger partial charge in [0.2, 0.25) is 5.89 Å². The summed E-state index contributed by atoms with van der Waals surface area (Å²) in [5, 5.41) is 0.936. The number of nitrogen functional groups attached to an aromatic ring is 1. The van der Waals surface area contributed by atoms with Gasteiger partial charge in [-0.25, -0.2) is 4.98 Å². The van der Waals surface area contributed by atoms with E-state index in [0.29, 0.717) is 38.3 Å². The molecule has 0 aliphatic carbocycles. The van der Waals surface area contributed by atoms with Gasteiger partial charge in [-0.2, -0.15) is 0 Å². The Hall–Kier alpha value is -1.78. The minimum absolute atomic E-state index is 0.411. The lowest BCUT2D eigenvalue weighted by Crippen LogP contribution is -1.87. The van der Waals surface area contributed by atoms with Gasteiger partial charge in [0.05, 0.1) is 16.3 Å². The van der Waals surface area contributed by atoms with Crippen LogP contribution in [0.5, 0.6) is 0 Å². The van der Waals surface area contributed by atoms with Gasteiger partial charge in [0, 0.05) is 17.4 Å². The molecule has 0 amide bonds. The maximum atomic E-state index is 6.04. The van der Waals surface area contributed by atoms with Crippen molar-refractivity contribution in [2.45, 2.75) is 0 Å². The van der Waals surface area contributed by atoms with Crippen LogP contribution in [-0.2, 0) is 0 Å². The zero-order valence-corrected chi connectivity index (χ0v) is 10.5. The number of halogens is 2. The minimum Gasteiger partial charge on any atom is -0.434 e. The fraction of sp³-hybridized carbons (Fsp3) is 0. The predicted octanol–water partition coefficient (Wildman–Crippen LogP) is 3.78. The molecule has 0 bridgehead atoms. The average Bonchev–Trinajstić information content (AvgIpc) is 2.73. The van der Waals surface area contributed by atoms with Gasteiger partial charge >= 0.3 is 0 Å². The van der Waals surface area contributed by atoms with Gasteiger partial charge in [0.15, 0.2) is 5.58 Å². The number of anilines is 1. The van der Waals surface area contributed by atoms with Crippen LogP contribution in [0.4, 0.5) is 5.69 Å². The average molecular weight is 280 g/mol. The molecular formula is C12H7Cl2N3O. The van der Waals surface area contributed by atoms with Crippen molar-refractivity contribution in [3.05, 3.63) is 40.6 Å². The third kappa shape index (κ3) is 1.89. The molecule has 0 aliphatic rings. The molecule has 0 spiro atoms. The molecule has 0 radical (unpaired) electrons. The van der Waals surface area contributed by atoms with Crippen molar-refractivity contribution in [1.82, 2.24) is 9.97 Å². The largest absolute Gasteiger partial charge is 0.434 e. The SMILES string of the molecule is Nc1cncc(-c2nc3cc(Cl)cc(Cl)c3o2)c1. The molecular weight excluding hydrogens is 273 g/mol. The highest BCUT2D eigenvalue weighted by Gasteiger charge is 2.12. The summed E-state index contributed by atoms with van der Waals surface area (Å²) in [5.74, 6) is 0.411. The number of pyridine rings is 1. The van der Waals surface area contributed by atoms with E-state index in [4.69, 9.17) is 33.4 Å². The smallest absolute Gasteiger partial charge is 0.229 e. The topological polar surface area (TPSA) is 64.9 Å². The van der Waals surface area contributed by atoms with E-state index >= 15 is 0 Å². The molecule has 2 aromatic heterocycles. The Kier molecular flexibility index (Phi) is 2.61. The van der Waals surface area contributed by atoms with Gasteiger partial charge in [0.25, 0.3) is 0 Å². The van der Waals surface area contributed by atoms with Crippen LogP contribution < -0.4 is 5.73 Å². The summed E-state index contributed by atoms with van der Waals surface area (Å²) in [6.07, 6.45) is 3.17. The molecule has 1 aromatic carbocycles. The normalized spacial score (nSPS) is 11.0. The Bertz CT molecular complexity index is 739. The molecule has 0 saturated carbocycles. The zero-order valence-electron chi connectivity index (χ0n) is 9.02. The molecule has 2 heterocycles. The second-order valence-corrected chi connectivity index (χ2v) is 4.61. The number of rotatable bonds is 1. The number of oxazole rings is 1. The molecule has 90 valence electrons. The highest BCUT2D eigenvalue weighted by Crippen LogP contribution is 2.31. The van der Waals surface area contributed by atoms with Crippen LogP contribution in [0.25, 0.3) is 22.6 Å². The lowest BCUT2D eigenvalue weighted by Gasteiger charge is -1.95. The number of nitrogens with zero attached hydrogens (tertiary/aromatic N) is 2. The number of aromatic nitrogens is 2. The first-order chi connectivity index (χ1) is 8.63. The number of hydrogen-bond donors (Lipinski definition) is 1. The van der Waals surface area contributed by atoms with Crippen molar-refractivity contribution in [3.8, 4) is 11.5 Å². The fourth-order valence-electron chi connectivity index (χ4n) is 1.66. The van der Waals surface area contributed by atoms with Crippen LogP contribution >= 0.6 is 23.2 Å². The fourth-order valence-corrected chi connectivity index (χ4v) is 2.18. The Labute approximate surface area is 112 Å². The van der Waals surface area contributed by atoms with Gasteiger partial charge in [-0.1, -0.05) is 23.2 Å². The summed E-state index contributed by atoms with van der Waals surface area (Å²) in [7, 11) is 0. The Morgan fingerprint density at radius 2 is 1.94 bits per heavy atom. The van der Waals surface area contributed by atoms with Crippen molar-refractivity contribution >= 4 is 40.0 Å². The number of nitrogens with two attached hydrogens (primary N) is 1.